The Morgan fingerprint density at radius 3 is 2.83 bits per heavy atom. The van der Waals surface area contributed by atoms with Gasteiger partial charge in [0.15, 0.2) is 0 Å². The van der Waals surface area contributed by atoms with E-state index in [-0.39, 0.29) is 0 Å². The number of imidazole rings is 1. The van der Waals surface area contributed by atoms with E-state index in [1.807, 2.05) is 24.3 Å². The second-order valence-electron chi connectivity index (χ2n) is 7.80. The lowest BCUT2D eigenvalue weighted by atomic mass is 10.2. The van der Waals surface area contributed by atoms with Gasteiger partial charge in [0.2, 0.25) is 5.95 Å². The zero-order valence-electron chi connectivity index (χ0n) is 16.7. The van der Waals surface area contributed by atoms with Gasteiger partial charge in [0.1, 0.15) is 0 Å². The SMILES string of the molecule is CN(C)C[C@@H]1CCCN1c1cc2nc(Nc3cc(CN)ccc3Cl)[nH]c2cc1Cl. The van der Waals surface area contributed by atoms with Crippen LogP contribution in [0, 0.1) is 0 Å². The van der Waals surface area contributed by atoms with Crippen LogP contribution in [0.25, 0.3) is 11.0 Å². The molecule has 0 amide bonds. The van der Waals surface area contributed by atoms with Crippen LogP contribution in [0.3, 0.4) is 0 Å². The average Bonchev–Trinajstić information content (AvgIpc) is 3.28. The van der Waals surface area contributed by atoms with Crippen molar-refractivity contribution in [3.05, 3.63) is 45.9 Å². The lowest BCUT2D eigenvalue weighted by molar-refractivity contribution is 0.372. The van der Waals surface area contributed by atoms with Crippen molar-refractivity contribution in [2.24, 2.45) is 5.73 Å². The minimum absolute atomic E-state index is 0.453. The number of nitrogens with zero attached hydrogens (tertiary/aromatic N) is 3. The maximum atomic E-state index is 6.66. The van der Waals surface area contributed by atoms with Crippen molar-refractivity contribution in [2.45, 2.75) is 25.4 Å². The Morgan fingerprint density at radius 1 is 1.24 bits per heavy atom. The molecule has 4 N–H and O–H groups in total. The van der Waals surface area contributed by atoms with Gasteiger partial charge >= 0.3 is 0 Å². The number of likely N-dealkylation sites (N-methyl/N-ethyl adjacent to an activating group) is 1. The third kappa shape index (κ3) is 4.31. The summed E-state index contributed by atoms with van der Waals surface area (Å²) in [7, 11) is 4.22. The molecular formula is C21H26Cl2N6. The van der Waals surface area contributed by atoms with Gasteiger partial charge in [0, 0.05) is 25.7 Å². The molecule has 1 saturated heterocycles. The third-order valence-electron chi connectivity index (χ3n) is 5.33. The predicted octanol–water partition coefficient (Wildman–Crippen LogP) is 4.60. The van der Waals surface area contributed by atoms with Gasteiger partial charge in [-0.3, -0.25) is 0 Å². The first-order valence-corrected chi connectivity index (χ1v) is 10.6. The molecule has 0 saturated carbocycles. The van der Waals surface area contributed by atoms with E-state index in [2.05, 4.69) is 40.3 Å². The van der Waals surface area contributed by atoms with E-state index < -0.39 is 0 Å². The Kier molecular flexibility index (Phi) is 5.88. The van der Waals surface area contributed by atoms with E-state index in [4.69, 9.17) is 33.9 Å². The second kappa shape index (κ2) is 8.40. The van der Waals surface area contributed by atoms with Gasteiger partial charge in [-0.25, -0.2) is 4.98 Å². The van der Waals surface area contributed by atoms with Crippen LogP contribution < -0.4 is 16.0 Å². The summed E-state index contributed by atoms with van der Waals surface area (Å²) >= 11 is 13.0. The molecule has 0 bridgehead atoms. The summed E-state index contributed by atoms with van der Waals surface area (Å²) < 4.78 is 0. The molecule has 154 valence electrons. The highest BCUT2D eigenvalue weighted by Crippen LogP contribution is 2.36. The van der Waals surface area contributed by atoms with Crippen LogP contribution in [-0.4, -0.2) is 48.1 Å². The molecule has 6 nitrogen and oxygen atoms in total. The normalized spacial score (nSPS) is 16.9. The van der Waals surface area contributed by atoms with Crippen LogP contribution in [0.15, 0.2) is 30.3 Å². The highest BCUT2D eigenvalue weighted by Gasteiger charge is 2.27. The van der Waals surface area contributed by atoms with E-state index in [1.54, 1.807) is 0 Å². The van der Waals surface area contributed by atoms with Crippen LogP contribution >= 0.6 is 23.2 Å². The highest BCUT2D eigenvalue weighted by molar-refractivity contribution is 6.34. The van der Waals surface area contributed by atoms with Gasteiger partial charge in [-0.05, 0) is 56.8 Å². The fourth-order valence-electron chi connectivity index (χ4n) is 3.99. The first-order chi connectivity index (χ1) is 13.9. The zero-order valence-corrected chi connectivity index (χ0v) is 18.2. The summed E-state index contributed by atoms with van der Waals surface area (Å²) in [5.74, 6) is 0.621. The van der Waals surface area contributed by atoms with Crippen molar-refractivity contribution in [3.63, 3.8) is 0 Å². The Morgan fingerprint density at radius 2 is 2.07 bits per heavy atom. The highest BCUT2D eigenvalue weighted by atomic mass is 35.5. The second-order valence-corrected chi connectivity index (χ2v) is 8.62. The van der Waals surface area contributed by atoms with Gasteiger partial charge in [-0.1, -0.05) is 29.3 Å². The minimum atomic E-state index is 0.453. The van der Waals surface area contributed by atoms with Crippen molar-refractivity contribution in [1.29, 1.82) is 0 Å². The van der Waals surface area contributed by atoms with Crippen molar-refractivity contribution in [3.8, 4) is 0 Å². The summed E-state index contributed by atoms with van der Waals surface area (Å²) in [6.45, 7) is 2.48. The number of rotatable bonds is 6. The van der Waals surface area contributed by atoms with E-state index >= 15 is 0 Å². The van der Waals surface area contributed by atoms with Crippen molar-refractivity contribution < 1.29 is 0 Å². The number of halogens is 2. The third-order valence-corrected chi connectivity index (χ3v) is 5.96. The van der Waals surface area contributed by atoms with E-state index in [1.165, 1.54) is 12.8 Å². The molecule has 0 spiro atoms. The molecule has 0 unspecified atom stereocenters. The molecule has 1 aromatic heterocycles. The molecule has 1 atom stereocenters. The lowest BCUT2D eigenvalue weighted by Gasteiger charge is -2.29. The molecule has 0 aliphatic carbocycles. The smallest absolute Gasteiger partial charge is 0.205 e. The molecule has 8 heteroatoms. The van der Waals surface area contributed by atoms with Gasteiger partial charge in [0.05, 0.1) is 32.5 Å². The molecule has 4 rings (SSSR count). The number of nitrogens with one attached hydrogen (secondary N) is 2. The Bertz CT molecular complexity index is 1020. The van der Waals surface area contributed by atoms with Crippen LogP contribution in [-0.2, 0) is 6.54 Å². The molecule has 0 radical (unpaired) electrons. The number of anilines is 3. The monoisotopic (exact) mass is 432 g/mol. The Hall–Kier alpha value is -1.99. The number of hydrogen-bond acceptors (Lipinski definition) is 5. The summed E-state index contributed by atoms with van der Waals surface area (Å²) in [4.78, 5) is 12.6. The Labute approximate surface area is 181 Å². The predicted molar refractivity (Wildman–Crippen MR) is 123 cm³/mol. The van der Waals surface area contributed by atoms with Gasteiger partial charge in [-0.15, -0.1) is 0 Å². The number of aromatic nitrogens is 2. The van der Waals surface area contributed by atoms with Crippen LogP contribution in [0.4, 0.5) is 17.3 Å². The van der Waals surface area contributed by atoms with Crippen LogP contribution in [0.5, 0.6) is 0 Å². The number of H-pyrrole nitrogens is 1. The summed E-state index contributed by atoms with van der Waals surface area (Å²) in [5.41, 5.74) is 10.3. The molecule has 2 aromatic carbocycles. The topological polar surface area (TPSA) is 73.2 Å². The lowest BCUT2D eigenvalue weighted by Crippen LogP contribution is -2.37. The quantitative estimate of drug-likeness (QED) is 0.530. The van der Waals surface area contributed by atoms with E-state index in [9.17, 15) is 0 Å². The maximum Gasteiger partial charge on any atom is 0.205 e. The number of hydrogen-bond donors (Lipinski definition) is 3. The first-order valence-electron chi connectivity index (χ1n) is 9.80. The van der Waals surface area contributed by atoms with E-state index in [0.717, 1.165) is 46.1 Å². The Balaban J connectivity index is 1.64. The number of nitrogens with two attached hydrogens (primary N) is 1. The zero-order chi connectivity index (χ0) is 20.5. The summed E-state index contributed by atoms with van der Waals surface area (Å²) in [6.07, 6.45) is 2.35. The minimum Gasteiger partial charge on any atom is -0.366 e. The fourth-order valence-corrected chi connectivity index (χ4v) is 4.42. The maximum absolute atomic E-state index is 6.66. The van der Waals surface area contributed by atoms with Crippen molar-refractivity contribution in [2.75, 3.05) is 37.4 Å². The molecule has 1 aliphatic rings. The summed E-state index contributed by atoms with van der Waals surface area (Å²) in [6, 6.07) is 10.2. The van der Waals surface area contributed by atoms with Gasteiger partial charge in [-0.2, -0.15) is 0 Å². The molecular weight excluding hydrogens is 407 g/mol. The van der Waals surface area contributed by atoms with Gasteiger partial charge in [0.25, 0.3) is 0 Å². The molecule has 29 heavy (non-hydrogen) atoms. The number of aromatic amines is 1. The first kappa shape index (κ1) is 20.3. The molecule has 1 fully saturated rings. The molecule has 1 aliphatic heterocycles. The van der Waals surface area contributed by atoms with Crippen LogP contribution in [0.1, 0.15) is 18.4 Å². The summed E-state index contributed by atoms with van der Waals surface area (Å²) in [5, 5.41) is 4.62. The average molecular weight is 433 g/mol. The van der Waals surface area contributed by atoms with Crippen molar-refractivity contribution >= 4 is 51.6 Å². The number of fused-ring (bicyclic) bond motifs is 1. The van der Waals surface area contributed by atoms with E-state index in [0.29, 0.717) is 23.6 Å². The van der Waals surface area contributed by atoms with Crippen LogP contribution in [0.2, 0.25) is 10.0 Å². The standard InChI is InChI=1S/C21H26Cl2N6/c1-28(2)12-14-4-3-7-29(14)20-10-19-18(9-16(20)23)26-21(27-19)25-17-8-13(11-24)5-6-15(17)22/h5-6,8-10,14H,3-4,7,11-12,24H2,1-2H3,(H2,25,26,27)/t14-/m0/s1. The number of benzene rings is 2. The van der Waals surface area contributed by atoms with Crippen molar-refractivity contribution in [1.82, 2.24) is 14.9 Å². The largest absolute Gasteiger partial charge is 0.366 e. The molecule has 2 heterocycles. The molecule has 3 aromatic rings. The van der Waals surface area contributed by atoms with Gasteiger partial charge < -0.3 is 25.8 Å². The fraction of sp³-hybridized carbons (Fsp3) is 0.381.